The normalized spacial score (nSPS) is 13.2. The Hall–Kier alpha value is -2.36. The van der Waals surface area contributed by atoms with Gasteiger partial charge in [-0.05, 0) is 64.2 Å². The molecule has 0 fully saturated rings. The number of allylic oxidation sites excluding steroid dienone is 10. The molecule has 0 aliphatic carbocycles. The van der Waals surface area contributed by atoms with Gasteiger partial charge in [0.25, 0.3) is 0 Å². The van der Waals surface area contributed by atoms with E-state index in [-0.39, 0.29) is 12.4 Å². The van der Waals surface area contributed by atoms with Crippen molar-refractivity contribution >= 4 is 11.9 Å². The number of rotatable bonds is 24. The maximum absolute atomic E-state index is 12.1. The summed E-state index contributed by atoms with van der Waals surface area (Å²) in [6.07, 6.45) is 36.8. The van der Waals surface area contributed by atoms with Crippen LogP contribution in [0.2, 0.25) is 0 Å². The molecule has 0 amide bonds. The summed E-state index contributed by atoms with van der Waals surface area (Å²) in [4.78, 5) is 23.2. The summed E-state index contributed by atoms with van der Waals surface area (Å²) in [7, 11) is 0. The molecule has 1 unspecified atom stereocenters. The summed E-state index contributed by atoms with van der Waals surface area (Å²) in [6.45, 7) is 4.31. The number of unbranched alkanes of at least 4 members (excludes halogenated alkanes) is 7. The first-order valence-corrected chi connectivity index (χ1v) is 14.3. The van der Waals surface area contributed by atoms with Gasteiger partial charge in [-0.2, -0.15) is 0 Å². The van der Waals surface area contributed by atoms with Gasteiger partial charge in [0.1, 0.15) is 6.10 Å². The van der Waals surface area contributed by atoms with Gasteiger partial charge in [-0.3, -0.25) is 9.59 Å². The van der Waals surface area contributed by atoms with E-state index in [0.29, 0.717) is 12.8 Å². The molecule has 4 heteroatoms. The summed E-state index contributed by atoms with van der Waals surface area (Å²) < 4.78 is 5.45. The Morgan fingerprint density at radius 1 is 0.667 bits per heavy atom. The molecule has 0 aliphatic heterocycles. The van der Waals surface area contributed by atoms with E-state index in [0.717, 1.165) is 77.0 Å². The van der Waals surface area contributed by atoms with Crippen molar-refractivity contribution in [3.8, 4) is 0 Å². The maximum Gasteiger partial charge on any atom is 0.307 e. The minimum Gasteiger partial charge on any atom is -0.481 e. The molecule has 1 N–H and O–H groups in total. The standard InChI is InChI=1S/C32H52O4/c1-3-5-7-9-10-11-12-13-14-15-16-17-18-19-20-21-22-24-26-28-32(35)36-30(29-31(33)34)27-25-23-8-6-4-2/h5,7,10-11,13-14,16-17,19-20,30H,3-4,6,8-9,12,15,18,21-29H2,1-2H3,(H,33,34)/b7-5-,11-10-,14-13-,17-16-,20-19-. The summed E-state index contributed by atoms with van der Waals surface area (Å²) in [5.41, 5.74) is 0. The highest BCUT2D eigenvalue weighted by Crippen LogP contribution is 2.14. The van der Waals surface area contributed by atoms with E-state index < -0.39 is 12.1 Å². The predicted octanol–water partition coefficient (Wildman–Crippen LogP) is 9.44. The van der Waals surface area contributed by atoms with Crippen molar-refractivity contribution in [2.75, 3.05) is 0 Å². The van der Waals surface area contributed by atoms with Crippen LogP contribution in [0, 0.1) is 0 Å². The van der Waals surface area contributed by atoms with Crippen LogP contribution in [0.4, 0.5) is 0 Å². The highest BCUT2D eigenvalue weighted by Gasteiger charge is 2.17. The van der Waals surface area contributed by atoms with E-state index in [1.54, 1.807) is 0 Å². The third kappa shape index (κ3) is 26.2. The smallest absolute Gasteiger partial charge is 0.307 e. The minimum atomic E-state index is -0.904. The minimum absolute atomic E-state index is 0.0937. The molecule has 0 aromatic heterocycles. The van der Waals surface area contributed by atoms with Gasteiger partial charge < -0.3 is 9.84 Å². The van der Waals surface area contributed by atoms with Crippen LogP contribution >= 0.6 is 0 Å². The van der Waals surface area contributed by atoms with Crippen molar-refractivity contribution in [1.82, 2.24) is 0 Å². The number of carbonyl (C=O) groups is 2. The zero-order chi connectivity index (χ0) is 26.5. The molecule has 0 aromatic carbocycles. The Bertz CT molecular complexity index is 670. The molecule has 36 heavy (non-hydrogen) atoms. The highest BCUT2D eigenvalue weighted by molar-refractivity contribution is 5.71. The van der Waals surface area contributed by atoms with Crippen LogP contribution in [0.25, 0.3) is 0 Å². The molecular weight excluding hydrogens is 448 g/mol. The Balaban J connectivity index is 3.77. The lowest BCUT2D eigenvalue weighted by molar-refractivity contribution is -0.153. The average molecular weight is 501 g/mol. The fourth-order valence-electron chi connectivity index (χ4n) is 3.69. The van der Waals surface area contributed by atoms with Crippen LogP contribution in [0.3, 0.4) is 0 Å². The molecule has 4 nitrogen and oxygen atoms in total. The molecule has 0 radical (unpaired) electrons. The number of aliphatic carboxylic acids is 1. The summed E-state index contributed by atoms with van der Waals surface area (Å²) in [5, 5.41) is 9.07. The molecule has 0 bridgehead atoms. The zero-order valence-corrected chi connectivity index (χ0v) is 23.0. The summed E-state index contributed by atoms with van der Waals surface area (Å²) in [5.74, 6) is -1.16. The van der Waals surface area contributed by atoms with Gasteiger partial charge in [0, 0.05) is 6.42 Å². The lowest BCUT2D eigenvalue weighted by atomic mass is 10.1. The fourth-order valence-corrected chi connectivity index (χ4v) is 3.69. The second kappa shape index (κ2) is 27.2. The molecule has 0 saturated heterocycles. The number of carboxylic acid groups (broad SMARTS) is 1. The first-order valence-electron chi connectivity index (χ1n) is 14.3. The SMILES string of the molecule is CC/C=C\C/C=C\C/C=C\C/C=C\C/C=C\CCCCCC(=O)OC(CCCCCCC)CC(=O)O. The van der Waals surface area contributed by atoms with Crippen LogP contribution in [-0.4, -0.2) is 23.1 Å². The monoisotopic (exact) mass is 500 g/mol. The van der Waals surface area contributed by atoms with Crippen molar-refractivity contribution in [3.63, 3.8) is 0 Å². The number of esters is 1. The molecule has 0 heterocycles. The first kappa shape index (κ1) is 33.6. The molecule has 0 aromatic rings. The van der Waals surface area contributed by atoms with Crippen LogP contribution in [-0.2, 0) is 14.3 Å². The van der Waals surface area contributed by atoms with Gasteiger partial charge in [-0.1, -0.05) is 107 Å². The van der Waals surface area contributed by atoms with Gasteiger partial charge in [0.2, 0.25) is 0 Å². The van der Waals surface area contributed by atoms with Crippen molar-refractivity contribution in [2.45, 2.75) is 129 Å². The van der Waals surface area contributed by atoms with Crippen molar-refractivity contribution in [3.05, 3.63) is 60.8 Å². The van der Waals surface area contributed by atoms with E-state index in [1.165, 1.54) is 12.8 Å². The quantitative estimate of drug-likeness (QED) is 0.0814. The lowest BCUT2D eigenvalue weighted by Crippen LogP contribution is -2.21. The van der Waals surface area contributed by atoms with E-state index >= 15 is 0 Å². The van der Waals surface area contributed by atoms with Gasteiger partial charge in [-0.25, -0.2) is 0 Å². The number of hydrogen-bond acceptors (Lipinski definition) is 3. The van der Waals surface area contributed by atoms with Crippen LogP contribution < -0.4 is 0 Å². The second-order valence-electron chi connectivity index (χ2n) is 9.22. The molecule has 0 aliphatic rings. The number of hydrogen-bond donors (Lipinski definition) is 1. The first-order chi connectivity index (χ1) is 17.6. The van der Waals surface area contributed by atoms with Gasteiger partial charge in [0.15, 0.2) is 0 Å². The molecular formula is C32H52O4. The van der Waals surface area contributed by atoms with Gasteiger partial charge in [-0.15, -0.1) is 0 Å². The van der Waals surface area contributed by atoms with Crippen LogP contribution in [0.1, 0.15) is 123 Å². The molecule has 1 atom stereocenters. The third-order valence-electron chi connectivity index (χ3n) is 5.74. The summed E-state index contributed by atoms with van der Waals surface area (Å²) in [6, 6.07) is 0. The second-order valence-corrected chi connectivity index (χ2v) is 9.22. The topological polar surface area (TPSA) is 63.6 Å². The fraction of sp³-hybridized carbons (Fsp3) is 0.625. The average Bonchev–Trinajstić information content (AvgIpc) is 2.85. The predicted molar refractivity (Wildman–Crippen MR) is 153 cm³/mol. The Kier molecular flexibility index (Phi) is 25.4. The highest BCUT2D eigenvalue weighted by atomic mass is 16.5. The molecule has 0 spiro atoms. The molecule has 0 rings (SSSR count). The van der Waals surface area contributed by atoms with E-state index in [4.69, 9.17) is 9.84 Å². The summed E-state index contributed by atoms with van der Waals surface area (Å²) >= 11 is 0. The van der Waals surface area contributed by atoms with Gasteiger partial charge >= 0.3 is 11.9 Å². The molecule has 204 valence electrons. The Morgan fingerprint density at radius 3 is 1.75 bits per heavy atom. The largest absolute Gasteiger partial charge is 0.481 e. The number of carboxylic acids is 1. The van der Waals surface area contributed by atoms with Crippen molar-refractivity contribution in [1.29, 1.82) is 0 Å². The van der Waals surface area contributed by atoms with E-state index in [9.17, 15) is 9.59 Å². The van der Waals surface area contributed by atoms with Crippen molar-refractivity contribution in [2.24, 2.45) is 0 Å². The third-order valence-corrected chi connectivity index (χ3v) is 5.74. The zero-order valence-electron chi connectivity index (χ0n) is 23.0. The van der Waals surface area contributed by atoms with Crippen LogP contribution in [0.5, 0.6) is 0 Å². The van der Waals surface area contributed by atoms with E-state index in [1.807, 2.05) is 0 Å². The van der Waals surface area contributed by atoms with E-state index in [2.05, 4.69) is 74.6 Å². The maximum atomic E-state index is 12.1. The van der Waals surface area contributed by atoms with Gasteiger partial charge in [0.05, 0.1) is 6.42 Å². The lowest BCUT2D eigenvalue weighted by Gasteiger charge is -2.16. The van der Waals surface area contributed by atoms with Crippen LogP contribution in [0.15, 0.2) is 60.8 Å². The Morgan fingerprint density at radius 2 is 1.19 bits per heavy atom. The van der Waals surface area contributed by atoms with Crippen molar-refractivity contribution < 1.29 is 19.4 Å². The number of carbonyl (C=O) groups excluding carboxylic acids is 1. The Labute approximate surface area is 221 Å². The number of ether oxygens (including phenoxy) is 1. The molecule has 0 saturated carbocycles.